The van der Waals surface area contributed by atoms with Gasteiger partial charge in [-0.05, 0) is 38.1 Å². The van der Waals surface area contributed by atoms with E-state index in [1.165, 1.54) is 24.5 Å². The number of carbonyl (C=O) groups is 1. The van der Waals surface area contributed by atoms with Crippen LogP contribution in [-0.4, -0.2) is 24.3 Å². The molecule has 2 N–H and O–H groups in total. The second-order valence-electron chi connectivity index (χ2n) is 5.90. The van der Waals surface area contributed by atoms with Crippen molar-refractivity contribution in [3.63, 3.8) is 0 Å². The smallest absolute Gasteiger partial charge is 0.305 e. The number of anilines is 1. The van der Waals surface area contributed by atoms with Gasteiger partial charge in [0.25, 0.3) is 0 Å². The fraction of sp³-hybridized carbons (Fsp3) is 0.167. The lowest BCUT2D eigenvalue weighted by Crippen LogP contribution is -2.31. The second kappa shape index (κ2) is 7.58. The zero-order valence-corrected chi connectivity index (χ0v) is 15.6. The lowest BCUT2D eigenvalue weighted by atomic mass is 10.3. The first-order valence-electron chi connectivity index (χ1n) is 8.08. The lowest BCUT2D eigenvalue weighted by molar-refractivity contribution is 0.0934. The van der Waals surface area contributed by atoms with Crippen molar-refractivity contribution in [1.82, 2.24) is 15.4 Å². The van der Waals surface area contributed by atoms with Gasteiger partial charge in [0.05, 0.1) is 16.9 Å². The zero-order valence-electron chi connectivity index (χ0n) is 14.8. The fourth-order valence-electron chi connectivity index (χ4n) is 2.52. The number of benzene rings is 1. The summed E-state index contributed by atoms with van der Waals surface area (Å²) in [4.78, 5) is 20.8. The Morgan fingerprint density at radius 1 is 1.07 bits per heavy atom. The molecule has 0 atom stereocenters. The highest BCUT2D eigenvalue weighted by molar-refractivity contribution is 7.90. The van der Waals surface area contributed by atoms with Crippen molar-refractivity contribution in [3.8, 4) is 0 Å². The summed E-state index contributed by atoms with van der Waals surface area (Å²) in [6.07, 6.45) is 1.28. The van der Waals surface area contributed by atoms with Crippen LogP contribution in [0.5, 0.6) is 0 Å². The van der Waals surface area contributed by atoms with E-state index in [1.807, 2.05) is 0 Å². The third-order valence-corrected chi connectivity index (χ3v) is 5.35. The number of hydrazine groups is 1. The van der Waals surface area contributed by atoms with Crippen molar-refractivity contribution >= 4 is 21.7 Å². The fourth-order valence-corrected chi connectivity index (χ4v) is 3.89. The summed E-state index contributed by atoms with van der Waals surface area (Å²) in [5.74, 6) is -0.839. The lowest BCUT2D eigenvalue weighted by Gasteiger charge is -2.08. The number of nitrogens with one attached hydrogen (secondary N) is 2. The first-order valence-corrected chi connectivity index (χ1v) is 9.73. The molecule has 0 unspecified atom stereocenters. The molecule has 140 valence electrons. The largest absolute Gasteiger partial charge is 0.459 e. The number of nitrogens with zero attached hydrogens (tertiary/aromatic N) is 2. The molecule has 0 saturated heterocycles. The molecule has 0 spiro atoms. The summed E-state index contributed by atoms with van der Waals surface area (Å²) >= 11 is 0. The maximum atomic E-state index is 12.5. The normalized spacial score (nSPS) is 11.2. The van der Waals surface area contributed by atoms with E-state index >= 15 is 0 Å². The van der Waals surface area contributed by atoms with Crippen LogP contribution >= 0.6 is 0 Å². The van der Waals surface area contributed by atoms with Gasteiger partial charge in [-0.25, -0.2) is 18.4 Å². The number of sulfone groups is 1. The molecule has 1 amide bonds. The summed E-state index contributed by atoms with van der Waals surface area (Å²) in [7, 11) is -3.60. The van der Waals surface area contributed by atoms with Crippen LogP contribution < -0.4 is 10.9 Å². The molecule has 0 bridgehead atoms. The van der Waals surface area contributed by atoms with Gasteiger partial charge >= 0.3 is 5.91 Å². The molecule has 8 nitrogen and oxygen atoms in total. The number of rotatable bonds is 6. The monoisotopic (exact) mass is 386 g/mol. The molecular formula is C18H18N4O4S. The Kier molecular flexibility index (Phi) is 5.22. The van der Waals surface area contributed by atoms with Crippen LogP contribution in [0.4, 0.5) is 5.95 Å². The van der Waals surface area contributed by atoms with Crippen molar-refractivity contribution in [3.05, 3.63) is 71.4 Å². The first kappa shape index (κ1) is 18.6. The first-order chi connectivity index (χ1) is 12.8. The number of hydrogen-bond acceptors (Lipinski definition) is 7. The molecule has 3 rings (SSSR count). The van der Waals surface area contributed by atoms with Crippen LogP contribution in [-0.2, 0) is 15.6 Å². The zero-order chi connectivity index (χ0) is 19.4. The topological polar surface area (TPSA) is 114 Å². The minimum atomic E-state index is -3.60. The Labute approximate surface area is 156 Å². The van der Waals surface area contributed by atoms with E-state index in [1.54, 1.807) is 38.1 Å². The highest BCUT2D eigenvalue weighted by atomic mass is 32.2. The predicted octanol–water partition coefficient (Wildman–Crippen LogP) is 2.42. The number of aryl methyl sites for hydroxylation is 2. The average molecular weight is 386 g/mol. The summed E-state index contributed by atoms with van der Waals surface area (Å²) in [5, 5.41) is 0. The molecule has 0 saturated carbocycles. The molecule has 0 aliphatic carbocycles. The standard InChI is InChI=1S/C18H18N4O4S/c1-12-10-13(2)20-18(19-12)22-21-17(23)16-14(8-9-26-16)11-27(24,25)15-6-4-3-5-7-15/h3-10H,11H2,1-2H3,(H,21,23)(H,19,20,22). The van der Waals surface area contributed by atoms with Gasteiger partial charge in [0.15, 0.2) is 15.6 Å². The molecule has 2 heterocycles. The Balaban J connectivity index is 1.73. The van der Waals surface area contributed by atoms with Gasteiger partial charge in [0.1, 0.15) is 0 Å². The average Bonchev–Trinajstić information content (AvgIpc) is 3.07. The van der Waals surface area contributed by atoms with Crippen molar-refractivity contribution in [1.29, 1.82) is 0 Å². The van der Waals surface area contributed by atoms with Crippen LogP contribution in [0.15, 0.2) is 58.0 Å². The van der Waals surface area contributed by atoms with Crippen LogP contribution in [0.2, 0.25) is 0 Å². The summed E-state index contributed by atoms with van der Waals surface area (Å²) in [6.45, 7) is 3.61. The van der Waals surface area contributed by atoms with Crippen LogP contribution in [0.3, 0.4) is 0 Å². The van der Waals surface area contributed by atoms with E-state index in [9.17, 15) is 13.2 Å². The van der Waals surface area contributed by atoms with Crippen LogP contribution in [0.25, 0.3) is 0 Å². The van der Waals surface area contributed by atoms with E-state index in [4.69, 9.17) is 4.42 Å². The molecule has 3 aromatic rings. The predicted molar refractivity (Wildman–Crippen MR) is 98.6 cm³/mol. The van der Waals surface area contributed by atoms with Gasteiger partial charge in [-0.3, -0.25) is 15.6 Å². The van der Waals surface area contributed by atoms with Crippen molar-refractivity contribution in [2.45, 2.75) is 24.5 Å². The van der Waals surface area contributed by atoms with Gasteiger partial charge in [-0.15, -0.1) is 0 Å². The van der Waals surface area contributed by atoms with Crippen molar-refractivity contribution in [2.75, 3.05) is 5.43 Å². The summed E-state index contributed by atoms with van der Waals surface area (Å²) in [5.41, 5.74) is 6.77. The number of amides is 1. The molecule has 9 heteroatoms. The molecule has 0 radical (unpaired) electrons. The van der Waals surface area contributed by atoms with E-state index in [-0.39, 0.29) is 27.9 Å². The number of aromatic nitrogens is 2. The van der Waals surface area contributed by atoms with Gasteiger partial charge in [-0.2, -0.15) is 0 Å². The quantitative estimate of drug-likeness (QED) is 0.625. The van der Waals surface area contributed by atoms with Crippen molar-refractivity contribution < 1.29 is 17.6 Å². The molecule has 2 aromatic heterocycles. The number of hydrogen-bond donors (Lipinski definition) is 2. The molecule has 0 fully saturated rings. The number of carbonyl (C=O) groups excluding carboxylic acids is 1. The maximum Gasteiger partial charge on any atom is 0.305 e. The van der Waals surface area contributed by atoms with Gasteiger partial charge in [0.2, 0.25) is 5.95 Å². The molecular weight excluding hydrogens is 368 g/mol. The van der Waals surface area contributed by atoms with Gasteiger partial charge < -0.3 is 4.42 Å². The minimum Gasteiger partial charge on any atom is -0.459 e. The van der Waals surface area contributed by atoms with E-state index in [0.717, 1.165) is 11.4 Å². The third kappa shape index (κ3) is 4.50. The molecule has 27 heavy (non-hydrogen) atoms. The maximum absolute atomic E-state index is 12.5. The van der Waals surface area contributed by atoms with Gasteiger partial charge in [0, 0.05) is 17.0 Å². The van der Waals surface area contributed by atoms with Crippen molar-refractivity contribution in [2.24, 2.45) is 0 Å². The minimum absolute atomic E-state index is 0.0913. The van der Waals surface area contributed by atoms with E-state index in [2.05, 4.69) is 20.8 Å². The van der Waals surface area contributed by atoms with Crippen LogP contribution in [0, 0.1) is 13.8 Å². The third-order valence-electron chi connectivity index (χ3n) is 3.67. The Bertz CT molecular complexity index is 1040. The Hall–Kier alpha value is -3.20. The highest BCUT2D eigenvalue weighted by Gasteiger charge is 2.22. The van der Waals surface area contributed by atoms with Crippen LogP contribution in [0.1, 0.15) is 27.5 Å². The Morgan fingerprint density at radius 3 is 2.41 bits per heavy atom. The highest BCUT2D eigenvalue weighted by Crippen LogP contribution is 2.20. The van der Waals surface area contributed by atoms with E-state index in [0.29, 0.717) is 0 Å². The molecule has 0 aliphatic heterocycles. The van der Waals surface area contributed by atoms with E-state index < -0.39 is 15.7 Å². The summed E-state index contributed by atoms with van der Waals surface area (Å²) in [6, 6.07) is 11.3. The van der Waals surface area contributed by atoms with Gasteiger partial charge in [-0.1, -0.05) is 18.2 Å². The Morgan fingerprint density at radius 2 is 1.74 bits per heavy atom. The molecule has 1 aromatic carbocycles. The molecule has 0 aliphatic rings. The SMILES string of the molecule is Cc1cc(C)nc(NNC(=O)c2occc2CS(=O)(=O)c2ccccc2)n1. The summed E-state index contributed by atoms with van der Waals surface area (Å²) < 4.78 is 30.2. The number of furan rings is 1. The second-order valence-corrected chi connectivity index (χ2v) is 7.89.